The van der Waals surface area contributed by atoms with Gasteiger partial charge in [0.2, 0.25) is 0 Å². The molecule has 1 aromatic carbocycles. The van der Waals surface area contributed by atoms with Gasteiger partial charge in [-0.3, -0.25) is 9.59 Å². The zero-order valence-corrected chi connectivity index (χ0v) is 13.1. The Labute approximate surface area is 133 Å². The number of benzene rings is 1. The van der Waals surface area contributed by atoms with Crippen molar-refractivity contribution in [1.29, 1.82) is 0 Å². The molecule has 122 valence electrons. The lowest BCUT2D eigenvalue weighted by Crippen LogP contribution is -2.38. The minimum absolute atomic E-state index is 0.217. The van der Waals surface area contributed by atoms with Crippen molar-refractivity contribution in [1.82, 2.24) is 15.1 Å². The smallest absolute Gasteiger partial charge is 0.325 e. The first-order chi connectivity index (χ1) is 10.8. The fourth-order valence-corrected chi connectivity index (χ4v) is 2.00. The Hall–Kier alpha value is -2.83. The second-order valence-electron chi connectivity index (χ2n) is 5.59. The zero-order chi connectivity index (χ0) is 17.1. The molecule has 0 saturated heterocycles. The van der Waals surface area contributed by atoms with Gasteiger partial charge in [0.25, 0.3) is 5.91 Å². The highest BCUT2D eigenvalue weighted by Gasteiger charge is 2.21. The third-order valence-corrected chi connectivity index (χ3v) is 3.45. The van der Waals surface area contributed by atoms with Gasteiger partial charge in [0.15, 0.2) is 11.4 Å². The summed E-state index contributed by atoms with van der Waals surface area (Å²) in [5.74, 6) is -1.82. The second-order valence-corrected chi connectivity index (χ2v) is 5.59. The van der Waals surface area contributed by atoms with E-state index < -0.39 is 17.9 Å². The molecule has 0 saturated carbocycles. The predicted molar refractivity (Wildman–Crippen MR) is 83.9 cm³/mol. The van der Waals surface area contributed by atoms with E-state index in [9.17, 15) is 14.7 Å². The van der Waals surface area contributed by atoms with Crippen LogP contribution < -0.4 is 5.32 Å². The van der Waals surface area contributed by atoms with E-state index in [1.165, 1.54) is 23.4 Å². The van der Waals surface area contributed by atoms with Crippen LogP contribution in [0.4, 0.5) is 0 Å². The summed E-state index contributed by atoms with van der Waals surface area (Å²) >= 11 is 0. The molecule has 0 aliphatic heterocycles. The van der Waals surface area contributed by atoms with Gasteiger partial charge in [-0.25, -0.2) is 4.68 Å². The van der Waals surface area contributed by atoms with Gasteiger partial charge < -0.3 is 15.5 Å². The van der Waals surface area contributed by atoms with Gasteiger partial charge in [-0.05, 0) is 30.5 Å². The van der Waals surface area contributed by atoms with Crippen LogP contribution in [-0.4, -0.2) is 37.9 Å². The third kappa shape index (κ3) is 3.68. The number of nitrogens with zero attached hydrogens (tertiary/aromatic N) is 2. The van der Waals surface area contributed by atoms with Crippen LogP contribution in [0.2, 0.25) is 0 Å². The molecule has 2 rings (SSSR count). The molecule has 7 nitrogen and oxygen atoms in total. The maximum atomic E-state index is 12.0. The largest absolute Gasteiger partial charge is 0.504 e. The number of carboxylic acid groups (broad SMARTS) is 1. The summed E-state index contributed by atoms with van der Waals surface area (Å²) in [6.45, 7) is 5.50. The number of carbonyl (C=O) groups excluding carboxylic acids is 1. The van der Waals surface area contributed by atoms with Gasteiger partial charge in [0, 0.05) is 0 Å². The highest BCUT2D eigenvalue weighted by Crippen LogP contribution is 2.20. The Balaban J connectivity index is 2.23. The van der Waals surface area contributed by atoms with E-state index in [4.69, 9.17) is 5.11 Å². The Kier molecular flexibility index (Phi) is 4.68. The number of amides is 1. The van der Waals surface area contributed by atoms with Crippen molar-refractivity contribution in [2.24, 2.45) is 0 Å². The van der Waals surface area contributed by atoms with Crippen molar-refractivity contribution in [2.75, 3.05) is 0 Å². The number of nitrogens with one attached hydrogen (secondary N) is 1. The summed E-state index contributed by atoms with van der Waals surface area (Å²) in [6, 6.07) is 6.50. The Morgan fingerprint density at radius 2 is 1.78 bits per heavy atom. The van der Waals surface area contributed by atoms with E-state index in [-0.39, 0.29) is 11.4 Å². The van der Waals surface area contributed by atoms with Crippen LogP contribution in [0.5, 0.6) is 5.75 Å². The van der Waals surface area contributed by atoms with Crippen LogP contribution in [0.1, 0.15) is 42.7 Å². The fourth-order valence-electron chi connectivity index (χ4n) is 2.00. The molecule has 1 amide bonds. The number of carbonyl (C=O) groups is 2. The lowest BCUT2D eigenvalue weighted by molar-refractivity contribution is -0.138. The molecular weight excluding hydrogens is 298 g/mol. The number of hydrogen-bond donors (Lipinski definition) is 3. The van der Waals surface area contributed by atoms with Gasteiger partial charge in [0.1, 0.15) is 6.04 Å². The third-order valence-electron chi connectivity index (χ3n) is 3.45. The molecule has 0 bridgehead atoms. The lowest BCUT2D eigenvalue weighted by atomic mass is 10.0. The molecule has 0 aliphatic rings. The molecule has 0 aliphatic carbocycles. The normalized spacial score (nSPS) is 12.2. The first-order valence-corrected chi connectivity index (χ1v) is 7.22. The molecule has 23 heavy (non-hydrogen) atoms. The fraction of sp³-hybridized carbons (Fsp3) is 0.312. The van der Waals surface area contributed by atoms with Gasteiger partial charge in [0.05, 0.1) is 11.9 Å². The van der Waals surface area contributed by atoms with Crippen molar-refractivity contribution in [3.63, 3.8) is 0 Å². The first-order valence-electron chi connectivity index (χ1n) is 7.22. The van der Waals surface area contributed by atoms with Crippen LogP contribution >= 0.6 is 0 Å². The van der Waals surface area contributed by atoms with Crippen LogP contribution in [0.15, 0.2) is 30.5 Å². The van der Waals surface area contributed by atoms with E-state index in [0.29, 0.717) is 11.6 Å². The van der Waals surface area contributed by atoms with E-state index in [2.05, 4.69) is 24.3 Å². The predicted octanol–water partition coefficient (Wildman–Crippen LogP) is 1.90. The maximum Gasteiger partial charge on any atom is 0.325 e. The monoisotopic (exact) mass is 317 g/mol. The summed E-state index contributed by atoms with van der Waals surface area (Å²) in [5, 5.41) is 24.9. The highest BCUT2D eigenvalue weighted by molar-refractivity contribution is 5.97. The summed E-state index contributed by atoms with van der Waals surface area (Å²) in [6.07, 6.45) is 1.31. The van der Waals surface area contributed by atoms with Crippen molar-refractivity contribution in [2.45, 2.75) is 32.7 Å². The molecule has 0 fully saturated rings. The SMILES string of the molecule is CC(C)c1ccc(-n2cc(O)c(C(=O)N[C@H](C)C(=O)O)n2)cc1. The highest BCUT2D eigenvalue weighted by atomic mass is 16.4. The van der Waals surface area contributed by atoms with E-state index in [1.807, 2.05) is 24.3 Å². The van der Waals surface area contributed by atoms with Gasteiger partial charge >= 0.3 is 5.97 Å². The number of rotatable bonds is 5. The van der Waals surface area contributed by atoms with Crippen molar-refractivity contribution in [3.8, 4) is 11.4 Å². The van der Waals surface area contributed by atoms with Gasteiger partial charge in [-0.15, -0.1) is 0 Å². The van der Waals surface area contributed by atoms with Crippen LogP contribution in [-0.2, 0) is 4.79 Å². The van der Waals surface area contributed by atoms with Crippen molar-refractivity contribution >= 4 is 11.9 Å². The van der Waals surface area contributed by atoms with Gasteiger partial charge in [-0.2, -0.15) is 5.10 Å². The van der Waals surface area contributed by atoms with E-state index in [0.717, 1.165) is 0 Å². The quantitative estimate of drug-likeness (QED) is 0.781. The lowest BCUT2D eigenvalue weighted by Gasteiger charge is -2.08. The molecule has 0 radical (unpaired) electrons. The molecule has 3 N–H and O–H groups in total. The van der Waals surface area contributed by atoms with Crippen molar-refractivity contribution < 1.29 is 19.8 Å². The number of aliphatic carboxylic acids is 1. The molecule has 1 heterocycles. The molecule has 2 aromatic rings. The van der Waals surface area contributed by atoms with E-state index in [1.54, 1.807) is 0 Å². The Morgan fingerprint density at radius 3 is 2.30 bits per heavy atom. The first kappa shape index (κ1) is 16.5. The average Bonchev–Trinajstić information content (AvgIpc) is 2.89. The van der Waals surface area contributed by atoms with Crippen LogP contribution in [0.25, 0.3) is 5.69 Å². The summed E-state index contributed by atoms with van der Waals surface area (Å²) in [7, 11) is 0. The number of aromatic nitrogens is 2. The average molecular weight is 317 g/mol. The van der Waals surface area contributed by atoms with Crippen LogP contribution in [0.3, 0.4) is 0 Å². The minimum atomic E-state index is -1.17. The summed E-state index contributed by atoms with van der Waals surface area (Å²) in [4.78, 5) is 22.7. The maximum absolute atomic E-state index is 12.0. The number of aromatic hydroxyl groups is 1. The molecule has 1 aromatic heterocycles. The van der Waals surface area contributed by atoms with Gasteiger partial charge in [-0.1, -0.05) is 26.0 Å². The summed E-state index contributed by atoms with van der Waals surface area (Å²) in [5.41, 5.74) is 1.64. The molecular formula is C16H19N3O4. The standard InChI is InChI=1S/C16H19N3O4/c1-9(2)11-4-6-12(7-5-11)19-8-13(20)14(18-19)15(21)17-10(3)16(22)23/h4-10,20H,1-3H3,(H,17,21)(H,22,23)/t10-/m1/s1. The summed E-state index contributed by atoms with van der Waals surface area (Å²) < 4.78 is 1.37. The van der Waals surface area contributed by atoms with E-state index >= 15 is 0 Å². The molecule has 7 heteroatoms. The topological polar surface area (TPSA) is 104 Å². The number of hydrogen-bond acceptors (Lipinski definition) is 4. The molecule has 0 spiro atoms. The van der Waals surface area contributed by atoms with Crippen LogP contribution in [0, 0.1) is 0 Å². The molecule has 0 unspecified atom stereocenters. The Morgan fingerprint density at radius 1 is 1.17 bits per heavy atom. The van der Waals surface area contributed by atoms with Crippen molar-refractivity contribution in [3.05, 3.63) is 41.7 Å². The molecule has 1 atom stereocenters. The Bertz CT molecular complexity index is 719. The number of carboxylic acids is 1. The minimum Gasteiger partial charge on any atom is -0.504 e. The zero-order valence-electron chi connectivity index (χ0n) is 13.1. The second kappa shape index (κ2) is 6.51.